The van der Waals surface area contributed by atoms with Gasteiger partial charge in [-0.05, 0) is 95.2 Å². The van der Waals surface area contributed by atoms with E-state index in [0.717, 1.165) is 66.6 Å². The maximum absolute atomic E-state index is 9.34. The maximum atomic E-state index is 9.34. The molecule has 0 atom stereocenters. The second-order valence-electron chi connectivity index (χ2n) is 25.1. The van der Waals surface area contributed by atoms with Crippen LogP contribution in [0.1, 0.15) is 139 Å². The van der Waals surface area contributed by atoms with Crippen molar-refractivity contribution in [1.29, 1.82) is 0 Å². The number of para-hydroxylation sites is 2. The van der Waals surface area contributed by atoms with Crippen molar-refractivity contribution < 1.29 is 37.3 Å². The quantitative estimate of drug-likeness (QED) is 0.113. The minimum Gasteiger partial charge on any atom is -0.510 e. The minimum atomic E-state index is -0.464. The van der Waals surface area contributed by atoms with E-state index in [0.29, 0.717) is 34.3 Å². The molecule has 0 fully saturated rings. The summed E-state index contributed by atoms with van der Waals surface area (Å²) < 4.78 is 57.6. The van der Waals surface area contributed by atoms with Crippen molar-refractivity contribution in [2.24, 2.45) is 0 Å². The Bertz CT molecular complexity index is 4000. The van der Waals surface area contributed by atoms with E-state index in [2.05, 4.69) is 212 Å². The number of hydrogen-bond acceptors (Lipinski definition) is 3. The zero-order chi connectivity index (χ0) is 57.8. The molecule has 0 amide bonds. The van der Waals surface area contributed by atoms with Crippen LogP contribution in [0.4, 0.5) is 0 Å². The molecule has 0 aliphatic heterocycles. The summed E-state index contributed by atoms with van der Waals surface area (Å²) in [6.07, 6.45) is 5.53. The first-order chi connectivity index (χ1) is 37.4. The van der Waals surface area contributed by atoms with Crippen LogP contribution in [0.3, 0.4) is 0 Å². The summed E-state index contributed by atoms with van der Waals surface area (Å²) in [5.74, 6) is 2.27. The second kappa shape index (κ2) is 19.9. The van der Waals surface area contributed by atoms with Crippen molar-refractivity contribution in [2.75, 3.05) is 0 Å². The summed E-state index contributed by atoms with van der Waals surface area (Å²) >= 11 is 0. The van der Waals surface area contributed by atoms with Gasteiger partial charge < -0.3 is 13.9 Å². The molecular weight excluding hydrogens is 1110 g/mol. The number of fused-ring (bicyclic) bond motifs is 3. The molecule has 3 aromatic heterocycles. The average molecular weight is 1190 g/mol. The Morgan fingerprint density at radius 3 is 1.75 bits per heavy atom. The van der Waals surface area contributed by atoms with E-state index in [-0.39, 0.29) is 65.8 Å². The number of ether oxygens (including phenoxy) is 1. The fourth-order valence-corrected chi connectivity index (χ4v) is 9.55. The maximum Gasteiger partial charge on any atom is 0.272 e. The van der Waals surface area contributed by atoms with Crippen molar-refractivity contribution in [2.45, 2.75) is 131 Å². The van der Waals surface area contributed by atoms with Gasteiger partial charge in [0.05, 0.1) is 12.5 Å². The van der Waals surface area contributed by atoms with Crippen molar-refractivity contribution in [3.8, 4) is 62.3 Å². The van der Waals surface area contributed by atoms with Crippen molar-refractivity contribution in [3.63, 3.8) is 0 Å². The molecule has 76 heavy (non-hydrogen) atoms. The Balaban J connectivity index is 0.00000792. The standard InChI is InChI=1S/C69H71N5O.Pt/c1-65(2,3)48-30-28-46(29-31-48)64-71-73(63-56(45-22-17-16-18-23-45)25-21-26-57(63)47-36-50(67(7,8)9)38-51(37-47)68(10,11)12)44-72(64)53-39-52(69(13,14)15)40-55(42-53)75-54-32-33-59-58-24-19-20-27-60(58)74(61(59)43-54)62-41-49(34-35-70-62)66(4,5)6;/h16-41H,1-15H3;/q-2;/i16D,17D,18D,22D,23D;. The molecule has 10 rings (SSSR count). The zero-order valence-corrected chi connectivity index (χ0v) is 48.9. The van der Waals surface area contributed by atoms with Gasteiger partial charge in [0.25, 0.3) is 6.33 Å². The van der Waals surface area contributed by atoms with Gasteiger partial charge in [0.15, 0.2) is 5.82 Å². The van der Waals surface area contributed by atoms with Crippen LogP contribution in [0.2, 0.25) is 0 Å². The Hall–Kier alpha value is -6.88. The SMILES string of the molecule is [2H]c1c([2H])c([2H])c(-c2cccc(-c3cc(C(C)(C)C)cc(C(C)(C)C)c3)c2-[n+]2[c-]n(-c3[c-]c(Oc4[c-]c5c(cc4)c4ccccc4n5-c4cc(C(C)(C)C)ccn4)cc(C(C)(C)C)c3)c(-c3ccc(C(C)(C)C)cc3)n2)c([2H])c1[2H].[Pt]. The molecule has 0 saturated heterocycles. The Labute approximate surface area is 473 Å². The molecule has 3 heterocycles. The average Bonchev–Trinajstić information content (AvgIpc) is 4.06. The van der Waals surface area contributed by atoms with Gasteiger partial charge in [0, 0.05) is 49.8 Å². The van der Waals surface area contributed by atoms with Crippen LogP contribution in [-0.4, -0.2) is 19.2 Å². The number of aromatic nitrogens is 5. The molecule has 0 saturated carbocycles. The predicted molar refractivity (Wildman–Crippen MR) is 310 cm³/mol. The Morgan fingerprint density at radius 1 is 0.513 bits per heavy atom. The number of rotatable bonds is 8. The van der Waals surface area contributed by atoms with Crippen LogP contribution in [-0.2, 0) is 48.1 Å². The van der Waals surface area contributed by atoms with Crippen molar-refractivity contribution in [3.05, 3.63) is 204 Å². The van der Waals surface area contributed by atoms with E-state index in [4.69, 9.17) is 18.9 Å². The molecule has 0 bridgehead atoms. The normalized spacial score (nSPS) is 13.5. The molecule has 10 aromatic rings. The van der Waals surface area contributed by atoms with E-state index < -0.39 is 18.1 Å². The van der Waals surface area contributed by atoms with E-state index >= 15 is 0 Å². The van der Waals surface area contributed by atoms with E-state index in [1.54, 1.807) is 4.68 Å². The van der Waals surface area contributed by atoms with E-state index in [1.807, 2.05) is 47.2 Å². The van der Waals surface area contributed by atoms with Crippen LogP contribution in [0.5, 0.6) is 11.5 Å². The number of pyridine rings is 1. The Kier molecular flexibility index (Phi) is 12.5. The van der Waals surface area contributed by atoms with Crippen LogP contribution in [0.15, 0.2) is 158 Å². The molecule has 0 radical (unpaired) electrons. The smallest absolute Gasteiger partial charge is 0.272 e. The molecule has 6 nitrogen and oxygen atoms in total. The van der Waals surface area contributed by atoms with Crippen molar-refractivity contribution >= 4 is 21.8 Å². The predicted octanol–water partition coefficient (Wildman–Crippen LogP) is 17.3. The minimum absolute atomic E-state index is 0. The number of hydrogen-bond donors (Lipinski definition) is 0. The fraction of sp³-hybridized carbons (Fsp3) is 0.290. The van der Waals surface area contributed by atoms with Crippen molar-refractivity contribution in [1.82, 2.24) is 19.2 Å². The second-order valence-corrected chi connectivity index (χ2v) is 25.1. The van der Waals surface area contributed by atoms with Gasteiger partial charge >= 0.3 is 0 Å². The first-order valence-corrected chi connectivity index (χ1v) is 26.0. The molecule has 0 unspecified atom stereocenters. The van der Waals surface area contributed by atoms with Gasteiger partial charge in [-0.15, -0.1) is 34.8 Å². The monoisotopic (exact) mass is 1190 g/mol. The first kappa shape index (κ1) is 47.6. The number of nitrogens with zero attached hydrogens (tertiary/aromatic N) is 5. The summed E-state index contributed by atoms with van der Waals surface area (Å²) in [7, 11) is 0. The number of benzene rings is 7. The van der Waals surface area contributed by atoms with Gasteiger partial charge in [-0.25, -0.2) is 4.98 Å². The third kappa shape index (κ3) is 10.8. The summed E-state index contributed by atoms with van der Waals surface area (Å²) in [5, 5.41) is 7.57. The summed E-state index contributed by atoms with van der Waals surface area (Å²) in [5.41, 5.74) is 10.4. The summed E-state index contributed by atoms with van der Waals surface area (Å²) in [6.45, 7) is 32.9. The molecule has 7 heteroatoms. The van der Waals surface area contributed by atoms with Crippen LogP contribution in [0, 0.1) is 18.5 Å². The topological polar surface area (TPSA) is 48.8 Å². The molecular formula is C69H71N5OPt-2. The van der Waals surface area contributed by atoms with Crippen LogP contribution in [0.25, 0.3) is 72.6 Å². The summed E-state index contributed by atoms with van der Waals surface area (Å²) in [6, 6.07) is 46.8. The van der Waals surface area contributed by atoms with Gasteiger partial charge in [-0.3, -0.25) is 0 Å². The van der Waals surface area contributed by atoms with Gasteiger partial charge in [0.1, 0.15) is 5.82 Å². The van der Waals surface area contributed by atoms with Gasteiger partial charge in [-0.1, -0.05) is 224 Å². The zero-order valence-electron chi connectivity index (χ0n) is 51.6. The van der Waals surface area contributed by atoms with E-state index in [1.165, 1.54) is 5.56 Å². The third-order valence-corrected chi connectivity index (χ3v) is 14.2. The molecule has 390 valence electrons. The Morgan fingerprint density at radius 2 is 1.12 bits per heavy atom. The molecule has 0 N–H and O–H groups in total. The molecule has 7 aromatic carbocycles. The van der Waals surface area contributed by atoms with Crippen LogP contribution < -0.4 is 9.42 Å². The van der Waals surface area contributed by atoms with Crippen LogP contribution >= 0.6 is 0 Å². The van der Waals surface area contributed by atoms with E-state index in [9.17, 15) is 2.74 Å². The third-order valence-electron chi connectivity index (χ3n) is 14.2. The largest absolute Gasteiger partial charge is 0.510 e. The molecule has 0 spiro atoms. The molecule has 0 aliphatic rings. The van der Waals surface area contributed by atoms with Gasteiger partial charge in [-0.2, -0.15) is 22.4 Å². The summed E-state index contributed by atoms with van der Waals surface area (Å²) in [4.78, 5) is 4.90. The molecule has 0 aliphatic carbocycles. The first-order valence-electron chi connectivity index (χ1n) is 28.5. The fourth-order valence-electron chi connectivity index (χ4n) is 9.55. The van der Waals surface area contributed by atoms with Gasteiger partial charge in [0.2, 0.25) is 0 Å².